The summed E-state index contributed by atoms with van der Waals surface area (Å²) in [5.74, 6) is 0.123. The lowest BCUT2D eigenvalue weighted by atomic mass is 10.0. The molecule has 0 saturated heterocycles. The Morgan fingerprint density at radius 2 is 1.85 bits per heavy atom. The van der Waals surface area contributed by atoms with Gasteiger partial charge in [0, 0.05) is 4.47 Å². The van der Waals surface area contributed by atoms with Crippen LogP contribution in [0.15, 0.2) is 53.0 Å². The van der Waals surface area contributed by atoms with Crippen molar-refractivity contribution >= 4 is 27.5 Å². The lowest BCUT2D eigenvalue weighted by molar-refractivity contribution is -0.0498. The predicted molar refractivity (Wildman–Crippen MR) is 79.5 cm³/mol. The maximum atomic E-state index is 12.2. The molecule has 0 amide bonds. The molecule has 0 N–H and O–H groups in total. The normalized spacial score (nSPS) is 12.4. The molecule has 0 radical (unpaired) electrons. The Labute approximate surface area is 129 Å². The first kappa shape index (κ1) is 15.3. The first-order chi connectivity index (χ1) is 9.54. The molecule has 2 aromatic rings. The summed E-state index contributed by atoms with van der Waals surface area (Å²) in [6.07, 6.45) is 0.610. The number of halogens is 4. The fraction of sp³-hybridized carbons (Fsp3) is 0.200. The average Bonchev–Trinajstić information content (AvgIpc) is 2.38. The summed E-state index contributed by atoms with van der Waals surface area (Å²) in [4.78, 5) is 0. The highest BCUT2D eigenvalue weighted by atomic mass is 79.9. The second-order valence-corrected chi connectivity index (χ2v) is 5.70. The second kappa shape index (κ2) is 7.04. The van der Waals surface area contributed by atoms with E-state index in [9.17, 15) is 8.78 Å². The number of ether oxygens (including phenoxy) is 1. The quantitative estimate of drug-likeness (QED) is 0.632. The fourth-order valence-electron chi connectivity index (χ4n) is 1.87. The van der Waals surface area contributed by atoms with Gasteiger partial charge in [0.2, 0.25) is 0 Å². The van der Waals surface area contributed by atoms with Crippen LogP contribution >= 0.6 is 27.5 Å². The van der Waals surface area contributed by atoms with Crippen LogP contribution in [0.3, 0.4) is 0 Å². The molecule has 0 fully saturated rings. The van der Waals surface area contributed by atoms with Crippen molar-refractivity contribution < 1.29 is 13.5 Å². The zero-order chi connectivity index (χ0) is 14.5. The van der Waals surface area contributed by atoms with Gasteiger partial charge in [-0.1, -0.05) is 40.2 Å². The Kier molecular flexibility index (Phi) is 5.38. The van der Waals surface area contributed by atoms with Crippen LogP contribution < -0.4 is 4.74 Å². The van der Waals surface area contributed by atoms with Crippen molar-refractivity contribution in [2.75, 3.05) is 0 Å². The molecule has 2 aromatic carbocycles. The van der Waals surface area contributed by atoms with Gasteiger partial charge >= 0.3 is 6.61 Å². The second-order valence-electron chi connectivity index (χ2n) is 4.25. The van der Waals surface area contributed by atoms with Crippen LogP contribution in [-0.4, -0.2) is 6.61 Å². The van der Waals surface area contributed by atoms with E-state index < -0.39 is 6.61 Å². The summed E-state index contributed by atoms with van der Waals surface area (Å²) in [7, 11) is 0. The standard InChI is InChI=1S/C15H12BrClF2O/c16-12-5-1-3-10(7-12)8-14(17)11-4-2-6-13(9-11)20-15(18)19/h1-7,9,14-15H,8H2. The Morgan fingerprint density at radius 3 is 2.55 bits per heavy atom. The van der Waals surface area contributed by atoms with Crippen molar-refractivity contribution in [3.63, 3.8) is 0 Å². The first-order valence-corrected chi connectivity index (χ1v) is 7.21. The molecular weight excluding hydrogens is 350 g/mol. The largest absolute Gasteiger partial charge is 0.435 e. The Morgan fingerprint density at radius 1 is 1.10 bits per heavy atom. The van der Waals surface area contributed by atoms with Crippen LogP contribution in [0, 0.1) is 0 Å². The maximum absolute atomic E-state index is 12.2. The van der Waals surface area contributed by atoms with E-state index in [0.29, 0.717) is 6.42 Å². The van der Waals surface area contributed by atoms with E-state index in [1.165, 1.54) is 6.07 Å². The summed E-state index contributed by atoms with van der Waals surface area (Å²) in [6.45, 7) is -2.83. The molecule has 0 aromatic heterocycles. The SMILES string of the molecule is FC(F)Oc1cccc(C(Cl)Cc2cccc(Br)c2)c1. The number of hydrogen-bond acceptors (Lipinski definition) is 1. The van der Waals surface area contributed by atoms with E-state index in [2.05, 4.69) is 20.7 Å². The van der Waals surface area contributed by atoms with Gasteiger partial charge in [-0.2, -0.15) is 8.78 Å². The van der Waals surface area contributed by atoms with Crippen molar-refractivity contribution in [2.24, 2.45) is 0 Å². The van der Waals surface area contributed by atoms with E-state index in [-0.39, 0.29) is 11.1 Å². The monoisotopic (exact) mass is 360 g/mol. The molecule has 0 spiro atoms. The minimum atomic E-state index is -2.83. The van der Waals surface area contributed by atoms with E-state index in [4.69, 9.17) is 11.6 Å². The fourth-order valence-corrected chi connectivity index (χ4v) is 2.63. The van der Waals surface area contributed by atoms with Crippen molar-refractivity contribution in [1.82, 2.24) is 0 Å². The summed E-state index contributed by atoms with van der Waals surface area (Å²) in [6, 6.07) is 14.3. The van der Waals surface area contributed by atoms with Gasteiger partial charge in [-0.05, 0) is 41.8 Å². The van der Waals surface area contributed by atoms with Gasteiger partial charge in [0.15, 0.2) is 0 Å². The summed E-state index contributed by atoms with van der Waals surface area (Å²) in [5.41, 5.74) is 1.82. The van der Waals surface area contributed by atoms with Gasteiger partial charge in [-0.15, -0.1) is 11.6 Å². The molecule has 1 nitrogen and oxygen atoms in total. The van der Waals surface area contributed by atoms with Crippen molar-refractivity contribution in [1.29, 1.82) is 0 Å². The van der Waals surface area contributed by atoms with E-state index in [1.54, 1.807) is 18.2 Å². The van der Waals surface area contributed by atoms with Gasteiger partial charge in [-0.25, -0.2) is 0 Å². The van der Waals surface area contributed by atoms with Gasteiger partial charge in [-0.3, -0.25) is 0 Å². The average molecular weight is 362 g/mol. The molecule has 0 saturated carbocycles. The van der Waals surface area contributed by atoms with Gasteiger partial charge in [0.05, 0.1) is 5.38 Å². The predicted octanol–water partition coefficient (Wildman–Crippen LogP) is 5.57. The third-order valence-corrected chi connectivity index (χ3v) is 3.65. The zero-order valence-electron chi connectivity index (χ0n) is 10.4. The van der Waals surface area contributed by atoms with Crippen molar-refractivity contribution in [3.05, 3.63) is 64.1 Å². The van der Waals surface area contributed by atoms with Gasteiger partial charge in [0.25, 0.3) is 0 Å². The molecule has 1 unspecified atom stereocenters. The van der Waals surface area contributed by atoms with E-state index in [0.717, 1.165) is 15.6 Å². The van der Waals surface area contributed by atoms with Crippen LogP contribution in [0.5, 0.6) is 5.75 Å². The number of benzene rings is 2. The summed E-state index contributed by atoms with van der Waals surface area (Å²) >= 11 is 9.74. The number of rotatable bonds is 5. The highest BCUT2D eigenvalue weighted by Gasteiger charge is 2.11. The summed E-state index contributed by atoms with van der Waals surface area (Å²) in [5, 5.41) is -0.300. The Balaban J connectivity index is 2.10. The lowest BCUT2D eigenvalue weighted by Gasteiger charge is -2.12. The Bertz CT molecular complexity index is 577. The Hall–Kier alpha value is -1.13. The van der Waals surface area contributed by atoms with Gasteiger partial charge in [0.1, 0.15) is 5.75 Å². The van der Waals surface area contributed by atoms with Crippen LogP contribution in [-0.2, 0) is 6.42 Å². The highest BCUT2D eigenvalue weighted by Crippen LogP contribution is 2.29. The van der Waals surface area contributed by atoms with Gasteiger partial charge < -0.3 is 4.74 Å². The van der Waals surface area contributed by atoms with Crippen LogP contribution in [0.1, 0.15) is 16.5 Å². The molecule has 0 aliphatic carbocycles. The lowest BCUT2D eigenvalue weighted by Crippen LogP contribution is -2.03. The van der Waals surface area contributed by atoms with Crippen LogP contribution in [0.4, 0.5) is 8.78 Å². The third-order valence-electron chi connectivity index (χ3n) is 2.75. The maximum Gasteiger partial charge on any atom is 0.387 e. The molecule has 0 aliphatic rings. The molecule has 20 heavy (non-hydrogen) atoms. The molecule has 0 aliphatic heterocycles. The third kappa shape index (κ3) is 4.46. The number of hydrogen-bond donors (Lipinski definition) is 0. The molecule has 5 heteroatoms. The molecular formula is C15H12BrClF2O. The summed E-state index contributed by atoms with van der Waals surface area (Å²) < 4.78 is 29.7. The smallest absolute Gasteiger partial charge is 0.387 e. The van der Waals surface area contributed by atoms with Crippen LogP contribution in [0.2, 0.25) is 0 Å². The molecule has 0 heterocycles. The molecule has 2 rings (SSSR count). The topological polar surface area (TPSA) is 9.23 Å². The minimum absolute atomic E-state index is 0.123. The van der Waals surface area contributed by atoms with Crippen molar-refractivity contribution in [3.8, 4) is 5.75 Å². The molecule has 0 bridgehead atoms. The minimum Gasteiger partial charge on any atom is -0.435 e. The molecule has 1 atom stereocenters. The highest BCUT2D eigenvalue weighted by molar-refractivity contribution is 9.10. The van der Waals surface area contributed by atoms with E-state index in [1.807, 2.05) is 24.3 Å². The zero-order valence-corrected chi connectivity index (χ0v) is 12.7. The van der Waals surface area contributed by atoms with Crippen LogP contribution in [0.25, 0.3) is 0 Å². The van der Waals surface area contributed by atoms with Crippen molar-refractivity contribution in [2.45, 2.75) is 18.4 Å². The number of alkyl halides is 3. The first-order valence-electron chi connectivity index (χ1n) is 5.98. The molecule has 106 valence electrons. The van der Waals surface area contributed by atoms with E-state index >= 15 is 0 Å².